The molecule has 0 unspecified atom stereocenters. The minimum absolute atomic E-state index is 0.120. The number of pyridine rings is 1. The van der Waals surface area contributed by atoms with E-state index < -0.39 is 11.3 Å². The highest BCUT2D eigenvalue weighted by atomic mass is 35.5. The van der Waals surface area contributed by atoms with Gasteiger partial charge in [-0.2, -0.15) is 4.98 Å². The Kier molecular flexibility index (Phi) is 6.37. The quantitative estimate of drug-likeness (QED) is 0.422. The SMILES string of the molecule is C[C@H]1CN(C(=O)OC(C)(C)C)CCN1c1nc(=O)n(-c2ccccc2C2CC2)c2nc(Cl)c(Cl)cc12. The Morgan fingerprint density at radius 2 is 1.83 bits per heavy atom. The third kappa shape index (κ3) is 4.76. The van der Waals surface area contributed by atoms with E-state index in [0.29, 0.717) is 42.4 Å². The molecule has 1 aliphatic heterocycles. The Hall–Kier alpha value is -2.84. The lowest BCUT2D eigenvalue weighted by Gasteiger charge is -2.41. The van der Waals surface area contributed by atoms with Crippen LogP contribution in [0, 0.1) is 0 Å². The van der Waals surface area contributed by atoms with E-state index in [0.717, 1.165) is 24.1 Å². The molecule has 10 heteroatoms. The van der Waals surface area contributed by atoms with Gasteiger partial charge in [-0.25, -0.2) is 19.1 Å². The first-order chi connectivity index (χ1) is 17.0. The number of fused-ring (bicyclic) bond motifs is 1. The van der Waals surface area contributed by atoms with Gasteiger partial charge in [0.2, 0.25) is 0 Å². The Morgan fingerprint density at radius 3 is 2.50 bits per heavy atom. The molecule has 3 aromatic rings. The third-order valence-electron chi connectivity index (χ3n) is 6.50. The molecule has 0 radical (unpaired) electrons. The minimum atomic E-state index is -0.571. The molecule has 8 nitrogen and oxygen atoms in total. The number of benzene rings is 1. The van der Waals surface area contributed by atoms with Crippen molar-refractivity contribution in [2.24, 2.45) is 0 Å². The van der Waals surface area contributed by atoms with Crippen molar-refractivity contribution in [1.82, 2.24) is 19.4 Å². The van der Waals surface area contributed by atoms with Crippen LogP contribution in [0.1, 0.15) is 52.0 Å². The second-order valence-corrected chi connectivity index (χ2v) is 11.3. The number of amides is 1. The predicted octanol–water partition coefficient (Wildman–Crippen LogP) is 5.41. The van der Waals surface area contributed by atoms with Crippen molar-refractivity contribution in [3.8, 4) is 5.69 Å². The summed E-state index contributed by atoms with van der Waals surface area (Å²) in [6, 6.07) is 9.46. The van der Waals surface area contributed by atoms with E-state index in [-0.39, 0.29) is 22.3 Å². The number of para-hydroxylation sites is 1. The standard InChI is InChI=1S/C26H29Cl2N5O3/c1-15-14-31(25(35)36-26(2,3)4)11-12-32(15)22-18-13-19(27)21(28)29-23(18)33(24(34)30-22)20-8-6-5-7-17(20)16-9-10-16/h5-8,13,15-16H,9-12,14H2,1-4H3/t15-/m0/s1. The molecule has 1 aliphatic carbocycles. The van der Waals surface area contributed by atoms with Gasteiger partial charge in [-0.3, -0.25) is 0 Å². The van der Waals surface area contributed by atoms with Gasteiger partial charge < -0.3 is 14.5 Å². The summed E-state index contributed by atoms with van der Waals surface area (Å²) in [5.41, 5.74) is 1.27. The number of carbonyl (C=O) groups excluding carboxylic acids is 1. The van der Waals surface area contributed by atoms with Gasteiger partial charge in [0.25, 0.3) is 0 Å². The zero-order valence-corrected chi connectivity index (χ0v) is 22.3. The van der Waals surface area contributed by atoms with Crippen molar-refractivity contribution in [2.45, 2.75) is 58.1 Å². The summed E-state index contributed by atoms with van der Waals surface area (Å²) in [5.74, 6) is 0.907. The molecule has 2 aromatic heterocycles. The molecule has 190 valence electrons. The van der Waals surface area contributed by atoms with Gasteiger partial charge >= 0.3 is 11.8 Å². The van der Waals surface area contributed by atoms with Crippen LogP contribution in [-0.4, -0.2) is 56.8 Å². The fourth-order valence-electron chi connectivity index (χ4n) is 4.72. The van der Waals surface area contributed by atoms with E-state index >= 15 is 0 Å². The molecule has 36 heavy (non-hydrogen) atoms. The number of ether oxygens (including phenoxy) is 1. The highest BCUT2D eigenvalue weighted by Crippen LogP contribution is 2.43. The Morgan fingerprint density at radius 1 is 1.11 bits per heavy atom. The predicted molar refractivity (Wildman–Crippen MR) is 142 cm³/mol. The smallest absolute Gasteiger partial charge is 0.410 e. The monoisotopic (exact) mass is 529 g/mol. The lowest BCUT2D eigenvalue weighted by atomic mass is 10.1. The molecule has 5 rings (SSSR count). The van der Waals surface area contributed by atoms with Crippen molar-refractivity contribution in [3.63, 3.8) is 0 Å². The first kappa shape index (κ1) is 24.8. The molecule has 0 bridgehead atoms. The summed E-state index contributed by atoms with van der Waals surface area (Å²) in [5, 5.41) is 1.04. The number of hydrogen-bond acceptors (Lipinski definition) is 6. The van der Waals surface area contributed by atoms with E-state index in [2.05, 4.69) is 16.0 Å². The summed E-state index contributed by atoms with van der Waals surface area (Å²) in [6.07, 6.45) is 1.83. The lowest BCUT2D eigenvalue weighted by molar-refractivity contribution is 0.0218. The summed E-state index contributed by atoms with van der Waals surface area (Å²) < 4.78 is 7.08. The van der Waals surface area contributed by atoms with Crippen LogP contribution in [0.5, 0.6) is 0 Å². The molecule has 1 atom stereocenters. The third-order valence-corrected chi connectivity index (χ3v) is 7.18. The number of nitrogens with zero attached hydrogens (tertiary/aromatic N) is 5. The van der Waals surface area contributed by atoms with Gasteiger partial charge in [0.1, 0.15) is 16.6 Å². The van der Waals surface area contributed by atoms with Crippen molar-refractivity contribution in [3.05, 3.63) is 56.6 Å². The zero-order valence-electron chi connectivity index (χ0n) is 20.8. The number of aromatic nitrogens is 3. The number of hydrogen-bond donors (Lipinski definition) is 0. The maximum Gasteiger partial charge on any atom is 0.410 e. The van der Waals surface area contributed by atoms with Crippen LogP contribution < -0.4 is 10.6 Å². The van der Waals surface area contributed by atoms with Crippen LogP contribution in [0.25, 0.3) is 16.7 Å². The van der Waals surface area contributed by atoms with Gasteiger partial charge in [-0.15, -0.1) is 0 Å². The Bertz CT molecular complexity index is 1400. The fraction of sp³-hybridized carbons (Fsp3) is 0.462. The maximum atomic E-state index is 13.5. The van der Waals surface area contributed by atoms with Gasteiger partial charge in [-0.05, 0) is 64.2 Å². The van der Waals surface area contributed by atoms with Crippen molar-refractivity contribution in [1.29, 1.82) is 0 Å². The van der Waals surface area contributed by atoms with Gasteiger partial charge in [0.15, 0.2) is 5.65 Å². The van der Waals surface area contributed by atoms with E-state index in [9.17, 15) is 9.59 Å². The first-order valence-electron chi connectivity index (χ1n) is 12.2. The van der Waals surface area contributed by atoms with Crippen LogP contribution in [0.15, 0.2) is 35.1 Å². The minimum Gasteiger partial charge on any atom is -0.444 e. The van der Waals surface area contributed by atoms with Gasteiger partial charge in [-0.1, -0.05) is 41.4 Å². The summed E-state index contributed by atoms with van der Waals surface area (Å²) in [7, 11) is 0. The van der Waals surface area contributed by atoms with Crippen molar-refractivity contribution >= 4 is 46.1 Å². The fourth-order valence-corrected chi connectivity index (χ4v) is 5.00. The van der Waals surface area contributed by atoms with Crippen molar-refractivity contribution < 1.29 is 9.53 Å². The van der Waals surface area contributed by atoms with Crippen LogP contribution in [0.2, 0.25) is 10.2 Å². The van der Waals surface area contributed by atoms with Crippen LogP contribution >= 0.6 is 23.2 Å². The molecular formula is C26H29Cl2N5O3. The van der Waals surface area contributed by atoms with E-state index in [1.54, 1.807) is 11.0 Å². The highest BCUT2D eigenvalue weighted by molar-refractivity contribution is 6.41. The topological polar surface area (TPSA) is 80.6 Å². The number of halogens is 2. The summed E-state index contributed by atoms with van der Waals surface area (Å²) in [4.78, 5) is 38.9. The van der Waals surface area contributed by atoms with E-state index in [1.165, 1.54) is 4.57 Å². The zero-order chi connectivity index (χ0) is 25.8. The molecule has 1 aromatic carbocycles. The van der Waals surface area contributed by atoms with Gasteiger partial charge in [0.05, 0.1) is 16.1 Å². The molecule has 3 heterocycles. The molecule has 2 fully saturated rings. The molecule has 0 N–H and O–H groups in total. The normalized spacial score (nSPS) is 18.6. The summed E-state index contributed by atoms with van der Waals surface area (Å²) >= 11 is 12.7. The Labute approximate surface area is 219 Å². The second kappa shape index (κ2) is 9.23. The van der Waals surface area contributed by atoms with Gasteiger partial charge in [0, 0.05) is 25.7 Å². The molecule has 1 saturated carbocycles. The van der Waals surface area contributed by atoms with E-state index in [4.69, 9.17) is 27.9 Å². The Balaban J connectivity index is 1.58. The number of piperazine rings is 1. The number of anilines is 1. The van der Waals surface area contributed by atoms with Crippen LogP contribution in [0.3, 0.4) is 0 Å². The summed E-state index contributed by atoms with van der Waals surface area (Å²) in [6.45, 7) is 8.87. The highest BCUT2D eigenvalue weighted by Gasteiger charge is 2.33. The molecular weight excluding hydrogens is 501 g/mol. The van der Waals surface area contributed by atoms with Crippen LogP contribution in [-0.2, 0) is 4.74 Å². The average molecular weight is 530 g/mol. The van der Waals surface area contributed by atoms with Crippen molar-refractivity contribution in [2.75, 3.05) is 24.5 Å². The van der Waals surface area contributed by atoms with E-state index in [1.807, 2.05) is 50.8 Å². The average Bonchev–Trinajstić information content (AvgIpc) is 3.64. The molecule has 0 spiro atoms. The largest absolute Gasteiger partial charge is 0.444 e. The second-order valence-electron chi connectivity index (χ2n) is 10.5. The molecule has 2 aliphatic rings. The number of carbonyl (C=O) groups is 1. The lowest BCUT2D eigenvalue weighted by Crippen LogP contribution is -2.55. The van der Waals surface area contributed by atoms with Crippen LogP contribution in [0.4, 0.5) is 10.6 Å². The number of rotatable bonds is 3. The maximum absolute atomic E-state index is 13.5. The first-order valence-corrected chi connectivity index (χ1v) is 12.9. The molecule has 1 saturated heterocycles. The molecule has 1 amide bonds.